The van der Waals surface area contributed by atoms with Crippen molar-refractivity contribution in [3.63, 3.8) is 0 Å². The highest BCUT2D eigenvalue weighted by molar-refractivity contribution is 6.32. The molecule has 0 fully saturated rings. The van der Waals surface area contributed by atoms with Crippen LogP contribution in [0.25, 0.3) is 0 Å². The monoisotopic (exact) mass is 396 g/mol. The minimum atomic E-state index is -0.269. The van der Waals surface area contributed by atoms with Gasteiger partial charge in [0.15, 0.2) is 0 Å². The molecule has 0 aliphatic heterocycles. The van der Waals surface area contributed by atoms with Crippen molar-refractivity contribution >= 4 is 23.3 Å². The Hall–Kier alpha value is -3.18. The maximum Gasteiger partial charge on any atom is 0.319 e. The number of amides is 2. The van der Waals surface area contributed by atoms with E-state index >= 15 is 0 Å². The summed E-state index contributed by atoms with van der Waals surface area (Å²) in [5.74, 6) is 2.11. The molecule has 28 heavy (non-hydrogen) atoms. The quantitative estimate of drug-likeness (QED) is 0.478. The maximum absolute atomic E-state index is 12.0. The topological polar surface area (TPSA) is 59.6 Å². The lowest BCUT2D eigenvalue weighted by atomic mass is 10.3. The summed E-state index contributed by atoms with van der Waals surface area (Å²) in [7, 11) is 0. The van der Waals surface area contributed by atoms with Crippen molar-refractivity contribution in [2.75, 3.05) is 18.5 Å². The van der Waals surface area contributed by atoms with Crippen molar-refractivity contribution in [1.29, 1.82) is 0 Å². The summed E-state index contributed by atoms with van der Waals surface area (Å²) in [5, 5.41) is 6.15. The minimum Gasteiger partial charge on any atom is -0.492 e. The van der Waals surface area contributed by atoms with Gasteiger partial charge in [-0.05, 0) is 55.0 Å². The number of anilines is 1. The molecule has 0 aliphatic rings. The molecule has 0 bridgehead atoms. The van der Waals surface area contributed by atoms with Crippen LogP contribution in [0.4, 0.5) is 10.5 Å². The van der Waals surface area contributed by atoms with Crippen LogP contribution in [0.5, 0.6) is 17.2 Å². The smallest absolute Gasteiger partial charge is 0.319 e. The number of urea groups is 1. The van der Waals surface area contributed by atoms with Crippen molar-refractivity contribution in [1.82, 2.24) is 5.32 Å². The summed E-state index contributed by atoms with van der Waals surface area (Å²) in [6.07, 6.45) is 0.669. The van der Waals surface area contributed by atoms with Crippen molar-refractivity contribution in [2.45, 2.75) is 6.42 Å². The molecule has 0 aromatic heterocycles. The van der Waals surface area contributed by atoms with Crippen molar-refractivity contribution in [2.24, 2.45) is 0 Å². The Balaban J connectivity index is 1.36. The molecule has 0 saturated carbocycles. The van der Waals surface area contributed by atoms with Gasteiger partial charge < -0.3 is 20.1 Å². The van der Waals surface area contributed by atoms with Crippen molar-refractivity contribution < 1.29 is 14.3 Å². The third-order valence-electron chi connectivity index (χ3n) is 3.79. The Bertz CT molecular complexity index is 886. The van der Waals surface area contributed by atoms with Gasteiger partial charge in [-0.2, -0.15) is 0 Å². The van der Waals surface area contributed by atoms with Gasteiger partial charge in [-0.25, -0.2) is 4.79 Å². The number of benzene rings is 3. The fourth-order valence-electron chi connectivity index (χ4n) is 2.42. The first kappa shape index (κ1) is 19.6. The zero-order chi connectivity index (χ0) is 19.6. The van der Waals surface area contributed by atoms with Crippen LogP contribution in [-0.2, 0) is 0 Å². The highest BCUT2D eigenvalue weighted by Crippen LogP contribution is 2.23. The standard InChI is InChI=1S/C22H21ClN2O3/c23-20-9-4-5-10-21(20)27-16-6-15-24-22(26)25-17-11-13-19(14-12-17)28-18-7-2-1-3-8-18/h1-5,7-14H,6,15-16H2,(H2,24,25,26). The Kier molecular flexibility index (Phi) is 7.15. The van der Waals surface area contributed by atoms with E-state index in [0.29, 0.717) is 41.8 Å². The molecule has 0 spiro atoms. The third-order valence-corrected chi connectivity index (χ3v) is 4.10. The second-order valence-corrected chi connectivity index (χ2v) is 6.36. The largest absolute Gasteiger partial charge is 0.492 e. The molecule has 5 nitrogen and oxygen atoms in total. The Morgan fingerprint density at radius 3 is 2.29 bits per heavy atom. The number of para-hydroxylation sites is 2. The van der Waals surface area contributed by atoms with Gasteiger partial charge in [-0.3, -0.25) is 0 Å². The highest BCUT2D eigenvalue weighted by Gasteiger charge is 2.03. The van der Waals surface area contributed by atoms with Crippen LogP contribution in [0.15, 0.2) is 78.9 Å². The molecule has 2 N–H and O–H groups in total. The maximum atomic E-state index is 12.0. The van der Waals surface area contributed by atoms with Gasteiger partial charge in [-0.15, -0.1) is 0 Å². The average Bonchev–Trinajstić information content (AvgIpc) is 2.71. The number of rotatable bonds is 8. The Morgan fingerprint density at radius 2 is 1.54 bits per heavy atom. The van der Waals surface area contributed by atoms with E-state index < -0.39 is 0 Å². The highest BCUT2D eigenvalue weighted by atomic mass is 35.5. The van der Waals surface area contributed by atoms with Crippen LogP contribution in [0.2, 0.25) is 5.02 Å². The minimum absolute atomic E-state index is 0.269. The van der Waals surface area contributed by atoms with Gasteiger partial charge in [0.25, 0.3) is 0 Å². The van der Waals surface area contributed by atoms with Gasteiger partial charge in [0.1, 0.15) is 17.2 Å². The summed E-state index contributed by atoms with van der Waals surface area (Å²) < 4.78 is 11.3. The molecular formula is C22H21ClN2O3. The number of hydrogen-bond acceptors (Lipinski definition) is 3. The molecule has 0 unspecified atom stereocenters. The predicted octanol–water partition coefficient (Wildman–Crippen LogP) is 5.72. The molecule has 0 radical (unpaired) electrons. The predicted molar refractivity (Wildman–Crippen MR) is 112 cm³/mol. The van der Waals surface area contributed by atoms with E-state index in [1.807, 2.05) is 48.5 Å². The Labute approximate surface area is 169 Å². The fourth-order valence-corrected chi connectivity index (χ4v) is 2.61. The zero-order valence-electron chi connectivity index (χ0n) is 15.2. The first-order valence-electron chi connectivity index (χ1n) is 8.96. The lowest BCUT2D eigenvalue weighted by Gasteiger charge is -2.10. The van der Waals surface area contributed by atoms with Crippen LogP contribution < -0.4 is 20.1 Å². The second-order valence-electron chi connectivity index (χ2n) is 5.95. The van der Waals surface area contributed by atoms with Crippen LogP contribution in [0.1, 0.15) is 6.42 Å². The van der Waals surface area contributed by atoms with Crippen LogP contribution in [-0.4, -0.2) is 19.2 Å². The summed E-state index contributed by atoms with van der Waals surface area (Å²) in [6, 6.07) is 23.7. The molecule has 0 heterocycles. The van der Waals surface area contributed by atoms with Crippen LogP contribution >= 0.6 is 11.6 Å². The van der Waals surface area contributed by atoms with Crippen molar-refractivity contribution in [3.8, 4) is 17.2 Å². The summed E-state index contributed by atoms with van der Waals surface area (Å²) >= 11 is 6.02. The number of carbonyl (C=O) groups is 1. The molecule has 3 aromatic rings. The molecule has 0 atom stereocenters. The van der Waals surface area contributed by atoms with Gasteiger partial charge >= 0.3 is 6.03 Å². The molecule has 2 amide bonds. The van der Waals surface area contributed by atoms with Gasteiger partial charge in [0.05, 0.1) is 11.6 Å². The van der Waals surface area contributed by atoms with E-state index in [4.69, 9.17) is 21.1 Å². The summed E-state index contributed by atoms with van der Waals surface area (Å²) in [6.45, 7) is 0.959. The van der Waals surface area contributed by atoms with E-state index in [0.717, 1.165) is 5.75 Å². The number of ether oxygens (including phenoxy) is 2. The third kappa shape index (κ3) is 6.21. The fraction of sp³-hybridized carbons (Fsp3) is 0.136. The van der Waals surface area contributed by atoms with Crippen molar-refractivity contribution in [3.05, 3.63) is 83.9 Å². The van der Waals surface area contributed by atoms with E-state index in [9.17, 15) is 4.79 Å². The number of halogens is 1. The SMILES string of the molecule is O=C(NCCCOc1ccccc1Cl)Nc1ccc(Oc2ccccc2)cc1. The Morgan fingerprint density at radius 1 is 0.857 bits per heavy atom. The van der Waals surface area contributed by atoms with Gasteiger partial charge in [0, 0.05) is 12.2 Å². The van der Waals surface area contributed by atoms with Gasteiger partial charge in [-0.1, -0.05) is 41.9 Å². The molecule has 144 valence electrons. The van der Waals surface area contributed by atoms with Crippen LogP contribution in [0, 0.1) is 0 Å². The summed E-state index contributed by atoms with van der Waals surface area (Å²) in [4.78, 5) is 12.0. The van der Waals surface area contributed by atoms with E-state index in [1.165, 1.54) is 0 Å². The average molecular weight is 397 g/mol. The van der Waals surface area contributed by atoms with E-state index in [1.54, 1.807) is 30.3 Å². The number of hydrogen-bond donors (Lipinski definition) is 2. The lowest BCUT2D eigenvalue weighted by Crippen LogP contribution is -2.30. The van der Waals surface area contributed by atoms with Crippen LogP contribution in [0.3, 0.4) is 0 Å². The van der Waals surface area contributed by atoms with E-state index in [-0.39, 0.29) is 6.03 Å². The first-order valence-corrected chi connectivity index (χ1v) is 9.34. The molecule has 0 aliphatic carbocycles. The molecule has 0 saturated heterocycles. The lowest BCUT2D eigenvalue weighted by molar-refractivity contribution is 0.250. The number of nitrogens with one attached hydrogen (secondary N) is 2. The number of carbonyl (C=O) groups excluding carboxylic acids is 1. The normalized spacial score (nSPS) is 10.2. The first-order chi connectivity index (χ1) is 13.7. The summed E-state index contributed by atoms with van der Waals surface area (Å²) in [5.41, 5.74) is 0.685. The molecule has 3 aromatic carbocycles. The van der Waals surface area contributed by atoms with Gasteiger partial charge in [0.2, 0.25) is 0 Å². The molecular weight excluding hydrogens is 376 g/mol. The molecule has 3 rings (SSSR count). The molecule has 6 heteroatoms. The second kappa shape index (κ2) is 10.2. The zero-order valence-corrected chi connectivity index (χ0v) is 16.0. The van der Waals surface area contributed by atoms with E-state index in [2.05, 4.69) is 10.6 Å².